The van der Waals surface area contributed by atoms with Crippen molar-refractivity contribution in [1.29, 1.82) is 0 Å². The first-order valence-corrected chi connectivity index (χ1v) is 12.3. The van der Waals surface area contributed by atoms with Gasteiger partial charge in [-0.3, -0.25) is 14.6 Å². The fraction of sp³-hybridized carbons (Fsp3) is 0.667. The molecule has 160 valence electrons. The maximum atomic E-state index is 11.8. The van der Waals surface area contributed by atoms with Crippen molar-refractivity contribution >= 4 is 15.9 Å². The van der Waals surface area contributed by atoms with E-state index < -0.39 is 15.6 Å². The molecule has 0 spiro atoms. The lowest BCUT2D eigenvalue weighted by Crippen LogP contribution is -2.73. The molecule has 2 heterocycles. The summed E-state index contributed by atoms with van der Waals surface area (Å²) >= 11 is 0. The summed E-state index contributed by atoms with van der Waals surface area (Å²) in [5, 5.41) is 0. The minimum Gasteiger partial charge on any atom is -0.370 e. The van der Waals surface area contributed by atoms with E-state index in [1.165, 1.54) is 22.5 Å². The molecule has 1 saturated carbocycles. The Bertz CT molecular complexity index is 846. The molecule has 0 bridgehead atoms. The van der Waals surface area contributed by atoms with E-state index >= 15 is 0 Å². The molecule has 1 aromatic rings. The van der Waals surface area contributed by atoms with Gasteiger partial charge in [-0.05, 0) is 31.9 Å². The zero-order chi connectivity index (χ0) is 20.8. The van der Waals surface area contributed by atoms with Crippen molar-refractivity contribution in [3.8, 4) is 0 Å². The quantitative estimate of drug-likeness (QED) is 0.706. The second-order valence-electron chi connectivity index (χ2n) is 9.10. The van der Waals surface area contributed by atoms with Crippen molar-refractivity contribution in [2.45, 2.75) is 49.2 Å². The second-order valence-corrected chi connectivity index (χ2v) is 11.1. The summed E-state index contributed by atoms with van der Waals surface area (Å²) in [6, 6.07) is 11.9. The van der Waals surface area contributed by atoms with Gasteiger partial charge in [-0.25, -0.2) is 8.42 Å². The highest BCUT2D eigenvalue weighted by atomic mass is 32.2. The Kier molecular flexibility index (Phi) is 5.48. The first-order chi connectivity index (χ1) is 13.7. The molecule has 4 rings (SSSR count). The molecule has 2 aliphatic heterocycles. The Balaban J connectivity index is 1.34. The van der Waals surface area contributed by atoms with Gasteiger partial charge in [-0.1, -0.05) is 30.3 Å². The molecule has 8 heteroatoms. The van der Waals surface area contributed by atoms with Crippen LogP contribution in [0.5, 0.6) is 0 Å². The Labute approximate surface area is 173 Å². The van der Waals surface area contributed by atoms with E-state index in [4.69, 9.17) is 5.73 Å². The summed E-state index contributed by atoms with van der Waals surface area (Å²) in [5.41, 5.74) is 6.50. The molecule has 0 radical (unpaired) electrons. The number of likely N-dealkylation sites (N-methyl/N-ethyl adjacent to an activating group) is 1. The van der Waals surface area contributed by atoms with E-state index in [1.807, 2.05) is 0 Å². The number of carbonyl (C=O) groups is 1. The number of hydrogen-bond donors (Lipinski definition) is 1. The van der Waals surface area contributed by atoms with Crippen LogP contribution in [0.2, 0.25) is 0 Å². The number of carbonyl (C=O) groups excluding carboxylic acids is 1. The number of nitrogens with zero attached hydrogens (tertiary/aromatic N) is 3. The number of primary amides is 1. The van der Waals surface area contributed by atoms with Crippen LogP contribution in [0.3, 0.4) is 0 Å². The summed E-state index contributed by atoms with van der Waals surface area (Å²) in [7, 11) is -0.987. The molecule has 2 N–H and O–H groups in total. The van der Waals surface area contributed by atoms with Gasteiger partial charge in [0.05, 0.1) is 11.8 Å². The normalized spacial score (nSPS) is 28.2. The van der Waals surface area contributed by atoms with Gasteiger partial charge in [0.1, 0.15) is 0 Å². The maximum Gasteiger partial charge on any atom is 0.219 e. The molecule has 2 saturated heterocycles. The average Bonchev–Trinajstić information content (AvgIpc) is 3.44. The smallest absolute Gasteiger partial charge is 0.219 e. The SMILES string of the molecule is CN(C1CCN(C2(CC(N)=O)CN(S(C)(=O)=O)C2)CC1)[C@@H]1C[C@H]1c1ccccc1. The average molecular weight is 421 g/mol. The topological polar surface area (TPSA) is 86.9 Å². The first kappa shape index (κ1) is 20.8. The van der Waals surface area contributed by atoms with Crippen LogP contribution in [0.25, 0.3) is 0 Å². The molecule has 0 aromatic heterocycles. The molecule has 29 heavy (non-hydrogen) atoms. The summed E-state index contributed by atoms with van der Waals surface area (Å²) in [6.07, 6.45) is 4.73. The van der Waals surface area contributed by atoms with Crippen LogP contribution < -0.4 is 5.73 Å². The van der Waals surface area contributed by atoms with Gasteiger partial charge >= 0.3 is 0 Å². The van der Waals surface area contributed by atoms with Gasteiger partial charge in [0, 0.05) is 50.6 Å². The van der Waals surface area contributed by atoms with Gasteiger partial charge in [-0.2, -0.15) is 4.31 Å². The predicted octanol–water partition coefficient (Wildman–Crippen LogP) is 0.828. The van der Waals surface area contributed by atoms with E-state index in [-0.39, 0.29) is 12.3 Å². The molecule has 0 unspecified atom stereocenters. The Morgan fingerprint density at radius 3 is 2.38 bits per heavy atom. The summed E-state index contributed by atoms with van der Waals surface area (Å²) in [5.74, 6) is 0.275. The van der Waals surface area contributed by atoms with Crippen LogP contribution in [0.1, 0.15) is 37.2 Å². The van der Waals surface area contributed by atoms with Crippen LogP contribution in [0, 0.1) is 0 Å². The van der Waals surface area contributed by atoms with Gasteiger partial charge in [0.2, 0.25) is 15.9 Å². The highest BCUT2D eigenvalue weighted by Crippen LogP contribution is 2.46. The Morgan fingerprint density at radius 2 is 1.83 bits per heavy atom. The van der Waals surface area contributed by atoms with Gasteiger partial charge < -0.3 is 5.73 Å². The fourth-order valence-electron chi connectivity index (χ4n) is 5.30. The number of benzene rings is 1. The number of amides is 1. The van der Waals surface area contributed by atoms with E-state index in [0.29, 0.717) is 31.1 Å². The second kappa shape index (κ2) is 7.65. The molecular weight excluding hydrogens is 388 g/mol. The number of likely N-dealkylation sites (tertiary alicyclic amines) is 1. The maximum absolute atomic E-state index is 11.8. The highest BCUT2D eigenvalue weighted by molar-refractivity contribution is 7.88. The zero-order valence-electron chi connectivity index (χ0n) is 17.3. The zero-order valence-corrected chi connectivity index (χ0v) is 18.1. The van der Waals surface area contributed by atoms with Crippen molar-refractivity contribution in [2.24, 2.45) is 5.73 Å². The lowest BCUT2D eigenvalue weighted by Gasteiger charge is -2.56. The van der Waals surface area contributed by atoms with Crippen molar-refractivity contribution < 1.29 is 13.2 Å². The first-order valence-electron chi connectivity index (χ1n) is 10.4. The molecule has 1 amide bonds. The molecule has 2 atom stereocenters. The van der Waals surface area contributed by atoms with Crippen molar-refractivity contribution in [3.05, 3.63) is 35.9 Å². The Hall–Kier alpha value is -1.48. The summed E-state index contributed by atoms with van der Waals surface area (Å²) in [4.78, 5) is 16.5. The van der Waals surface area contributed by atoms with Gasteiger partial charge in [0.25, 0.3) is 0 Å². The van der Waals surface area contributed by atoms with E-state index in [1.54, 1.807) is 0 Å². The molecule has 1 aromatic carbocycles. The fourth-order valence-corrected chi connectivity index (χ4v) is 6.25. The van der Waals surface area contributed by atoms with E-state index in [9.17, 15) is 13.2 Å². The number of rotatable bonds is 7. The highest BCUT2D eigenvalue weighted by Gasteiger charge is 2.52. The van der Waals surface area contributed by atoms with Crippen molar-refractivity contribution in [1.82, 2.24) is 14.1 Å². The van der Waals surface area contributed by atoms with E-state index in [0.717, 1.165) is 25.9 Å². The largest absolute Gasteiger partial charge is 0.370 e. The number of piperidine rings is 1. The van der Waals surface area contributed by atoms with Crippen LogP contribution >= 0.6 is 0 Å². The standard InChI is InChI=1S/C21H32N4O3S/c1-23(19-12-18(19)16-6-4-3-5-7-16)17-8-10-24(11-9-17)21(13-20(22)26)14-25(15-21)29(2,27)28/h3-7,17-19H,8-15H2,1-2H3,(H2,22,26)/t18-,19+/m0/s1. The lowest BCUT2D eigenvalue weighted by atomic mass is 9.83. The van der Waals surface area contributed by atoms with Crippen LogP contribution in [0.4, 0.5) is 0 Å². The van der Waals surface area contributed by atoms with E-state index in [2.05, 4.69) is 47.2 Å². The third kappa shape index (κ3) is 4.21. The van der Waals surface area contributed by atoms with Crippen molar-refractivity contribution in [3.63, 3.8) is 0 Å². The van der Waals surface area contributed by atoms with Gasteiger partial charge in [0.15, 0.2) is 0 Å². The Morgan fingerprint density at radius 1 is 1.21 bits per heavy atom. The number of sulfonamides is 1. The van der Waals surface area contributed by atoms with Crippen LogP contribution in [0.15, 0.2) is 30.3 Å². The minimum absolute atomic E-state index is 0.220. The van der Waals surface area contributed by atoms with Gasteiger partial charge in [-0.15, -0.1) is 0 Å². The monoisotopic (exact) mass is 420 g/mol. The molecular formula is C21H32N4O3S. The summed E-state index contributed by atoms with van der Waals surface area (Å²) in [6.45, 7) is 2.49. The molecule has 7 nitrogen and oxygen atoms in total. The summed E-state index contributed by atoms with van der Waals surface area (Å²) < 4.78 is 25.1. The van der Waals surface area contributed by atoms with Crippen LogP contribution in [-0.4, -0.2) is 85.5 Å². The predicted molar refractivity (Wildman–Crippen MR) is 113 cm³/mol. The van der Waals surface area contributed by atoms with Crippen LogP contribution in [-0.2, 0) is 14.8 Å². The minimum atomic E-state index is -3.22. The third-order valence-electron chi connectivity index (χ3n) is 7.13. The molecule has 1 aliphatic carbocycles. The number of hydrogen-bond acceptors (Lipinski definition) is 5. The van der Waals surface area contributed by atoms with Crippen molar-refractivity contribution in [2.75, 3.05) is 39.5 Å². The lowest BCUT2D eigenvalue weighted by molar-refractivity contribution is -0.125. The number of nitrogens with two attached hydrogens (primary N) is 1. The molecule has 3 fully saturated rings. The molecule has 3 aliphatic rings. The third-order valence-corrected chi connectivity index (χ3v) is 8.33.